The first kappa shape index (κ1) is 18.7. The fraction of sp³-hybridized carbons (Fsp3) is 0.818. The van der Waals surface area contributed by atoms with Crippen molar-refractivity contribution in [3.05, 3.63) is 11.1 Å². The third kappa shape index (κ3) is 4.01. The molecule has 0 aromatic carbocycles. The summed E-state index contributed by atoms with van der Waals surface area (Å²) >= 11 is 0. The molecular weight excluding hydrogens is 312 g/mol. The van der Waals surface area contributed by atoms with E-state index in [1.54, 1.807) is 0 Å². The molecule has 0 saturated heterocycles. The van der Waals surface area contributed by atoms with Gasteiger partial charge in [0.2, 0.25) is 0 Å². The molecule has 0 heterocycles. The van der Waals surface area contributed by atoms with E-state index in [1.165, 1.54) is 12.0 Å². The van der Waals surface area contributed by atoms with Gasteiger partial charge in [0, 0.05) is 12.8 Å². The number of carbonyl (C=O) groups excluding carboxylic acids is 2. The van der Waals surface area contributed by atoms with Gasteiger partial charge in [-0.25, -0.2) is 0 Å². The van der Waals surface area contributed by atoms with Gasteiger partial charge in [-0.2, -0.15) is 0 Å². The molecule has 0 N–H and O–H groups in total. The van der Waals surface area contributed by atoms with Crippen LogP contribution < -0.4 is 0 Å². The highest BCUT2D eigenvalue weighted by molar-refractivity contribution is 5.97. The van der Waals surface area contributed by atoms with Gasteiger partial charge in [0.15, 0.2) is 5.78 Å². The zero-order valence-electron chi connectivity index (χ0n) is 16.0. The number of ether oxygens (including phenoxy) is 1. The number of Topliss-reactive ketones (excluding diaryl/α,β-unsaturated/α-hetero) is 1. The topological polar surface area (TPSA) is 43.4 Å². The van der Waals surface area contributed by atoms with Gasteiger partial charge >= 0.3 is 5.97 Å². The monoisotopic (exact) mass is 346 g/mol. The number of hydrogen-bond donors (Lipinski definition) is 0. The number of allylic oxidation sites excluding steroid dienone is 2. The largest absolute Gasteiger partial charge is 0.462 e. The van der Waals surface area contributed by atoms with Crippen molar-refractivity contribution < 1.29 is 14.3 Å². The summed E-state index contributed by atoms with van der Waals surface area (Å²) in [5, 5.41) is 0. The van der Waals surface area contributed by atoms with Gasteiger partial charge in [0.25, 0.3) is 0 Å². The van der Waals surface area contributed by atoms with Crippen LogP contribution in [0.5, 0.6) is 0 Å². The predicted molar refractivity (Wildman–Crippen MR) is 99.1 cm³/mol. The summed E-state index contributed by atoms with van der Waals surface area (Å²) in [6, 6.07) is 0. The molecule has 140 valence electrons. The molecule has 0 radical (unpaired) electrons. The molecule has 3 unspecified atom stereocenters. The number of hydrogen-bond acceptors (Lipinski definition) is 3. The van der Waals surface area contributed by atoms with Crippen LogP contribution in [0.1, 0.15) is 90.9 Å². The highest BCUT2D eigenvalue weighted by Gasteiger charge is 2.47. The second-order valence-electron chi connectivity index (χ2n) is 8.25. The summed E-state index contributed by atoms with van der Waals surface area (Å²) in [5.41, 5.74) is 2.64. The Morgan fingerprint density at radius 1 is 1.00 bits per heavy atom. The minimum atomic E-state index is 0.00549. The number of esters is 1. The molecule has 0 aliphatic heterocycles. The third-order valence-corrected chi connectivity index (χ3v) is 6.70. The Morgan fingerprint density at radius 3 is 2.60 bits per heavy atom. The van der Waals surface area contributed by atoms with E-state index in [0.717, 1.165) is 69.8 Å². The van der Waals surface area contributed by atoms with Gasteiger partial charge in [-0.3, -0.25) is 9.59 Å². The summed E-state index contributed by atoms with van der Waals surface area (Å²) in [6.07, 6.45) is 12.0. The van der Waals surface area contributed by atoms with Crippen molar-refractivity contribution >= 4 is 11.8 Å². The first-order valence-electron chi connectivity index (χ1n) is 10.6. The first-order chi connectivity index (χ1) is 12.2. The van der Waals surface area contributed by atoms with E-state index < -0.39 is 0 Å². The maximum absolute atomic E-state index is 12.3. The van der Waals surface area contributed by atoms with Gasteiger partial charge < -0.3 is 4.74 Å². The van der Waals surface area contributed by atoms with Crippen LogP contribution in [0, 0.1) is 17.8 Å². The van der Waals surface area contributed by atoms with Crippen LogP contribution in [0.4, 0.5) is 0 Å². The van der Waals surface area contributed by atoms with Crippen LogP contribution in [-0.4, -0.2) is 17.9 Å². The van der Waals surface area contributed by atoms with Crippen LogP contribution >= 0.6 is 0 Å². The number of ketones is 1. The Morgan fingerprint density at radius 2 is 1.84 bits per heavy atom. The molecule has 3 aliphatic carbocycles. The summed E-state index contributed by atoms with van der Waals surface area (Å²) in [7, 11) is 0. The van der Waals surface area contributed by atoms with E-state index in [0.29, 0.717) is 30.0 Å². The first-order valence-corrected chi connectivity index (χ1v) is 10.6. The molecule has 3 rings (SSSR count). The molecule has 25 heavy (non-hydrogen) atoms. The molecule has 3 nitrogen and oxygen atoms in total. The van der Waals surface area contributed by atoms with Gasteiger partial charge in [-0.15, -0.1) is 0 Å². The van der Waals surface area contributed by atoms with E-state index in [2.05, 4.69) is 13.8 Å². The van der Waals surface area contributed by atoms with E-state index >= 15 is 0 Å². The quantitative estimate of drug-likeness (QED) is 0.459. The van der Waals surface area contributed by atoms with Crippen LogP contribution in [0.15, 0.2) is 11.1 Å². The van der Waals surface area contributed by atoms with Crippen molar-refractivity contribution in [2.45, 2.75) is 97.0 Å². The van der Waals surface area contributed by atoms with Gasteiger partial charge in [0.1, 0.15) is 6.10 Å². The molecule has 3 aliphatic rings. The second-order valence-corrected chi connectivity index (χ2v) is 8.25. The summed E-state index contributed by atoms with van der Waals surface area (Å²) in [4.78, 5) is 24.5. The maximum atomic E-state index is 12.3. The average Bonchev–Trinajstić information content (AvgIpc) is 3.00. The minimum absolute atomic E-state index is 0.00549. The average molecular weight is 347 g/mol. The molecule has 0 amide bonds. The summed E-state index contributed by atoms with van der Waals surface area (Å²) in [6.45, 7) is 4.32. The molecule has 0 spiro atoms. The lowest BCUT2D eigenvalue weighted by atomic mass is 9.64. The Balaban J connectivity index is 1.64. The van der Waals surface area contributed by atoms with E-state index in [-0.39, 0.29) is 12.1 Å². The molecule has 0 aromatic rings. The van der Waals surface area contributed by atoms with Crippen molar-refractivity contribution in [3.63, 3.8) is 0 Å². The van der Waals surface area contributed by atoms with Crippen molar-refractivity contribution in [1.82, 2.24) is 0 Å². The minimum Gasteiger partial charge on any atom is -0.462 e. The summed E-state index contributed by atoms with van der Waals surface area (Å²) < 4.78 is 5.88. The molecular formula is C22H34O3. The zero-order valence-corrected chi connectivity index (χ0v) is 16.0. The van der Waals surface area contributed by atoms with Crippen molar-refractivity contribution in [2.24, 2.45) is 17.8 Å². The number of rotatable bonds is 7. The highest BCUT2D eigenvalue weighted by atomic mass is 16.5. The smallest absolute Gasteiger partial charge is 0.306 e. The van der Waals surface area contributed by atoms with Gasteiger partial charge in [-0.05, 0) is 68.3 Å². The Labute approximate surface area is 152 Å². The van der Waals surface area contributed by atoms with Crippen LogP contribution in [0.25, 0.3) is 0 Å². The van der Waals surface area contributed by atoms with Gasteiger partial charge in [0.05, 0.1) is 0 Å². The van der Waals surface area contributed by atoms with Crippen molar-refractivity contribution in [2.75, 3.05) is 0 Å². The van der Waals surface area contributed by atoms with Crippen LogP contribution in [0.3, 0.4) is 0 Å². The highest BCUT2D eigenvalue weighted by Crippen LogP contribution is 2.52. The Hall–Kier alpha value is -1.12. The van der Waals surface area contributed by atoms with Crippen molar-refractivity contribution in [1.29, 1.82) is 0 Å². The van der Waals surface area contributed by atoms with Crippen LogP contribution in [0.2, 0.25) is 0 Å². The molecule has 0 bridgehead atoms. The Kier molecular flexibility index (Phi) is 6.35. The zero-order chi connectivity index (χ0) is 17.8. The van der Waals surface area contributed by atoms with Gasteiger partial charge in [-0.1, -0.05) is 38.7 Å². The number of unbranched alkanes of at least 4 members (excludes halogenated alkanes) is 2. The lowest BCUT2D eigenvalue weighted by molar-refractivity contribution is -0.151. The molecule has 2 saturated carbocycles. The molecule has 2 fully saturated rings. The number of fused-ring (bicyclic) bond motifs is 3. The standard InChI is InChI=1S/C22H34O3/c1-3-5-6-8-22(24)25-21-14-12-17-15-11-13-20(23)18(7-4-2)16(15)9-10-19(17)21/h15,17,19,21H,3-14H2,1-2H3/t15?,17?,19?,21-/m0/s1. The number of carbonyl (C=O) groups is 2. The fourth-order valence-corrected chi connectivity index (χ4v) is 5.55. The summed E-state index contributed by atoms with van der Waals surface area (Å²) in [5.74, 6) is 2.16. The second kappa shape index (κ2) is 8.51. The van der Waals surface area contributed by atoms with Crippen molar-refractivity contribution in [3.8, 4) is 0 Å². The van der Waals surface area contributed by atoms with E-state index in [1.807, 2.05) is 0 Å². The molecule has 3 heteroatoms. The van der Waals surface area contributed by atoms with E-state index in [9.17, 15) is 9.59 Å². The molecule has 4 atom stereocenters. The fourth-order valence-electron chi connectivity index (χ4n) is 5.55. The lowest BCUT2D eigenvalue weighted by Gasteiger charge is -2.41. The van der Waals surface area contributed by atoms with Crippen LogP contribution in [-0.2, 0) is 14.3 Å². The lowest BCUT2D eigenvalue weighted by Crippen LogP contribution is -2.36. The normalized spacial score (nSPS) is 31.7. The maximum Gasteiger partial charge on any atom is 0.306 e. The SMILES string of the molecule is CCCCCC(=O)O[C@H]1CCC2C3CCC(=O)C(CCC)=C3CCC21. The predicted octanol–water partition coefficient (Wildman–Crippen LogP) is 5.37. The molecule has 0 aromatic heterocycles. The van der Waals surface area contributed by atoms with E-state index in [4.69, 9.17) is 4.74 Å². The third-order valence-electron chi connectivity index (χ3n) is 6.70. The Bertz CT molecular complexity index is 533.